The van der Waals surface area contributed by atoms with Crippen LogP contribution in [0.2, 0.25) is 0 Å². The molecule has 96 valence electrons. The molecule has 0 bridgehead atoms. The standard InChI is InChI=1S/C14H30N2/c1-12(2)14(3,4)11-15-10-13-6-8-16(5)9-7-13/h12-13,15H,6-11H2,1-5H3. The van der Waals surface area contributed by atoms with E-state index in [-0.39, 0.29) is 0 Å². The van der Waals surface area contributed by atoms with E-state index >= 15 is 0 Å². The van der Waals surface area contributed by atoms with Crippen molar-refractivity contribution in [2.45, 2.75) is 40.5 Å². The molecule has 1 aliphatic rings. The zero-order valence-corrected chi connectivity index (χ0v) is 11.8. The summed E-state index contributed by atoms with van der Waals surface area (Å²) in [6, 6.07) is 0. The molecule has 16 heavy (non-hydrogen) atoms. The Hall–Kier alpha value is -0.0800. The minimum atomic E-state index is 0.422. The van der Waals surface area contributed by atoms with Gasteiger partial charge in [0.05, 0.1) is 0 Å². The third-order valence-corrected chi connectivity index (χ3v) is 4.41. The summed E-state index contributed by atoms with van der Waals surface area (Å²) in [6.07, 6.45) is 2.73. The molecule has 1 aliphatic heterocycles. The van der Waals surface area contributed by atoms with E-state index in [0.717, 1.165) is 18.4 Å². The topological polar surface area (TPSA) is 15.3 Å². The van der Waals surface area contributed by atoms with Crippen LogP contribution < -0.4 is 5.32 Å². The summed E-state index contributed by atoms with van der Waals surface area (Å²) in [5.74, 6) is 1.65. The van der Waals surface area contributed by atoms with Crippen molar-refractivity contribution in [3.8, 4) is 0 Å². The predicted molar refractivity (Wildman–Crippen MR) is 71.7 cm³/mol. The summed E-state index contributed by atoms with van der Waals surface area (Å²) in [4.78, 5) is 2.44. The Morgan fingerprint density at radius 1 is 1.25 bits per heavy atom. The average Bonchev–Trinajstić information content (AvgIpc) is 2.20. The van der Waals surface area contributed by atoms with E-state index in [0.29, 0.717) is 5.41 Å². The van der Waals surface area contributed by atoms with Crippen LogP contribution in [0, 0.1) is 17.3 Å². The van der Waals surface area contributed by atoms with Gasteiger partial charge in [0.15, 0.2) is 0 Å². The van der Waals surface area contributed by atoms with Crippen LogP contribution in [0.25, 0.3) is 0 Å². The van der Waals surface area contributed by atoms with Crippen molar-refractivity contribution in [2.24, 2.45) is 17.3 Å². The lowest BCUT2D eigenvalue weighted by Gasteiger charge is -2.32. The Bertz CT molecular complexity index is 191. The Balaban J connectivity index is 2.16. The summed E-state index contributed by atoms with van der Waals surface area (Å²) >= 11 is 0. The molecule has 1 fully saturated rings. The van der Waals surface area contributed by atoms with Gasteiger partial charge in [-0.2, -0.15) is 0 Å². The highest BCUT2D eigenvalue weighted by atomic mass is 15.1. The average molecular weight is 226 g/mol. The van der Waals surface area contributed by atoms with Gasteiger partial charge < -0.3 is 10.2 Å². The summed E-state index contributed by atoms with van der Waals surface area (Å²) in [5.41, 5.74) is 0.422. The maximum absolute atomic E-state index is 3.67. The van der Waals surface area contributed by atoms with Crippen molar-refractivity contribution in [3.63, 3.8) is 0 Å². The van der Waals surface area contributed by atoms with E-state index < -0.39 is 0 Å². The van der Waals surface area contributed by atoms with Crippen LogP contribution in [0.3, 0.4) is 0 Å². The van der Waals surface area contributed by atoms with Gasteiger partial charge >= 0.3 is 0 Å². The molecular formula is C14H30N2. The van der Waals surface area contributed by atoms with E-state index in [1.165, 1.54) is 32.5 Å². The Labute approximate surface area is 102 Å². The van der Waals surface area contributed by atoms with Crippen LogP contribution in [0.1, 0.15) is 40.5 Å². The molecule has 1 heterocycles. The first-order valence-electron chi connectivity index (χ1n) is 6.81. The molecule has 0 aliphatic carbocycles. The second-order valence-corrected chi connectivity index (χ2v) is 6.52. The maximum atomic E-state index is 3.67. The van der Waals surface area contributed by atoms with Crippen molar-refractivity contribution in [2.75, 3.05) is 33.2 Å². The number of nitrogens with zero attached hydrogens (tertiary/aromatic N) is 1. The zero-order valence-electron chi connectivity index (χ0n) is 11.8. The number of nitrogens with one attached hydrogen (secondary N) is 1. The van der Waals surface area contributed by atoms with Gasteiger partial charge in [0.1, 0.15) is 0 Å². The largest absolute Gasteiger partial charge is 0.316 e. The smallest absolute Gasteiger partial charge is 0.000508 e. The lowest BCUT2D eigenvalue weighted by Crippen LogP contribution is -2.39. The van der Waals surface area contributed by atoms with Gasteiger partial charge in [-0.05, 0) is 56.8 Å². The van der Waals surface area contributed by atoms with Crippen LogP contribution >= 0.6 is 0 Å². The van der Waals surface area contributed by atoms with Crippen LogP contribution in [0.4, 0.5) is 0 Å². The normalized spacial score (nSPS) is 20.6. The fraction of sp³-hybridized carbons (Fsp3) is 1.00. The lowest BCUT2D eigenvalue weighted by molar-refractivity contribution is 0.197. The minimum Gasteiger partial charge on any atom is -0.316 e. The summed E-state index contributed by atoms with van der Waals surface area (Å²) in [5, 5.41) is 3.67. The lowest BCUT2D eigenvalue weighted by atomic mass is 9.81. The quantitative estimate of drug-likeness (QED) is 0.775. The van der Waals surface area contributed by atoms with Gasteiger partial charge in [-0.25, -0.2) is 0 Å². The molecule has 0 atom stereocenters. The Morgan fingerprint density at radius 2 is 1.81 bits per heavy atom. The zero-order chi connectivity index (χ0) is 12.2. The van der Waals surface area contributed by atoms with Crippen molar-refractivity contribution >= 4 is 0 Å². The van der Waals surface area contributed by atoms with Crippen LogP contribution in [-0.2, 0) is 0 Å². The molecule has 2 heteroatoms. The number of rotatable bonds is 5. The number of likely N-dealkylation sites (tertiary alicyclic amines) is 1. The third kappa shape index (κ3) is 4.42. The predicted octanol–water partition coefficient (Wildman–Crippen LogP) is 2.60. The van der Waals surface area contributed by atoms with Gasteiger partial charge in [-0.1, -0.05) is 27.7 Å². The second-order valence-electron chi connectivity index (χ2n) is 6.52. The first kappa shape index (κ1) is 14.0. The SMILES string of the molecule is CC(C)C(C)(C)CNCC1CCN(C)CC1. The molecule has 0 aromatic rings. The fourth-order valence-electron chi connectivity index (χ4n) is 2.07. The molecule has 2 nitrogen and oxygen atoms in total. The van der Waals surface area contributed by atoms with Crippen LogP contribution in [0.5, 0.6) is 0 Å². The first-order chi connectivity index (χ1) is 7.42. The molecule has 0 radical (unpaired) electrons. The second kappa shape index (κ2) is 6.02. The molecule has 1 N–H and O–H groups in total. The van der Waals surface area contributed by atoms with Crippen molar-refractivity contribution in [1.29, 1.82) is 0 Å². The van der Waals surface area contributed by atoms with Gasteiger partial charge in [0, 0.05) is 6.54 Å². The third-order valence-electron chi connectivity index (χ3n) is 4.41. The summed E-state index contributed by atoms with van der Waals surface area (Å²) in [6.45, 7) is 14.3. The van der Waals surface area contributed by atoms with Gasteiger partial charge in [-0.3, -0.25) is 0 Å². The highest BCUT2D eigenvalue weighted by Gasteiger charge is 2.22. The Kier molecular flexibility index (Phi) is 5.26. The number of piperidine rings is 1. The molecule has 0 amide bonds. The number of hydrogen-bond acceptors (Lipinski definition) is 2. The molecule has 0 aromatic carbocycles. The van der Waals surface area contributed by atoms with E-state index in [1.807, 2.05) is 0 Å². The van der Waals surface area contributed by atoms with Gasteiger partial charge in [0.2, 0.25) is 0 Å². The molecule has 1 saturated heterocycles. The molecule has 0 aromatic heterocycles. The molecule has 0 unspecified atom stereocenters. The van der Waals surface area contributed by atoms with Gasteiger partial charge in [-0.15, -0.1) is 0 Å². The van der Waals surface area contributed by atoms with E-state index in [4.69, 9.17) is 0 Å². The van der Waals surface area contributed by atoms with E-state index in [1.54, 1.807) is 0 Å². The van der Waals surface area contributed by atoms with Crippen molar-refractivity contribution < 1.29 is 0 Å². The van der Waals surface area contributed by atoms with E-state index in [9.17, 15) is 0 Å². The van der Waals surface area contributed by atoms with Crippen LogP contribution in [0.15, 0.2) is 0 Å². The monoisotopic (exact) mass is 226 g/mol. The van der Waals surface area contributed by atoms with Crippen molar-refractivity contribution in [1.82, 2.24) is 10.2 Å². The van der Waals surface area contributed by atoms with E-state index in [2.05, 4.69) is 45.0 Å². The van der Waals surface area contributed by atoms with Crippen LogP contribution in [-0.4, -0.2) is 38.1 Å². The Morgan fingerprint density at radius 3 is 2.31 bits per heavy atom. The first-order valence-corrected chi connectivity index (χ1v) is 6.81. The molecule has 1 rings (SSSR count). The highest BCUT2D eigenvalue weighted by molar-refractivity contribution is 4.77. The fourth-order valence-corrected chi connectivity index (χ4v) is 2.07. The van der Waals surface area contributed by atoms with Crippen molar-refractivity contribution in [3.05, 3.63) is 0 Å². The number of hydrogen-bond donors (Lipinski definition) is 1. The van der Waals surface area contributed by atoms with Gasteiger partial charge in [0.25, 0.3) is 0 Å². The minimum absolute atomic E-state index is 0.422. The molecule has 0 spiro atoms. The molecular weight excluding hydrogens is 196 g/mol. The maximum Gasteiger partial charge on any atom is 0.000508 e. The highest BCUT2D eigenvalue weighted by Crippen LogP contribution is 2.25. The summed E-state index contributed by atoms with van der Waals surface area (Å²) < 4.78 is 0. The molecule has 0 saturated carbocycles. The summed E-state index contributed by atoms with van der Waals surface area (Å²) in [7, 11) is 2.23.